The summed E-state index contributed by atoms with van der Waals surface area (Å²) in [6.45, 7) is 11.0. The van der Waals surface area contributed by atoms with Crippen molar-refractivity contribution >= 4 is 35.6 Å². The van der Waals surface area contributed by atoms with E-state index in [1.807, 2.05) is 25.1 Å². The molecule has 7 nitrogen and oxygen atoms in total. The Balaban J connectivity index is 0.00000363. The maximum atomic E-state index is 5.64. The highest BCUT2D eigenvalue weighted by molar-refractivity contribution is 14.0. The topological polar surface area (TPSA) is 61.4 Å². The van der Waals surface area contributed by atoms with Gasteiger partial charge in [0.1, 0.15) is 0 Å². The summed E-state index contributed by atoms with van der Waals surface area (Å²) in [5.74, 6) is 2.31. The van der Waals surface area contributed by atoms with E-state index in [0.29, 0.717) is 6.61 Å². The zero-order valence-corrected chi connectivity index (χ0v) is 22.6. The van der Waals surface area contributed by atoms with Crippen LogP contribution in [0.2, 0.25) is 0 Å². The SMILES string of the molecule is CCNC(=NCC1(N2CCCCC2)CCN(C)CC1)Nc1ccc(OCC)c(OC)c1.I. The summed E-state index contributed by atoms with van der Waals surface area (Å²) in [7, 11) is 3.90. The summed E-state index contributed by atoms with van der Waals surface area (Å²) in [6, 6.07) is 5.92. The van der Waals surface area contributed by atoms with E-state index in [4.69, 9.17) is 14.5 Å². The first kappa shape index (κ1) is 27.0. The quantitative estimate of drug-likeness (QED) is 0.285. The van der Waals surface area contributed by atoms with Crippen molar-refractivity contribution in [2.45, 2.75) is 51.5 Å². The van der Waals surface area contributed by atoms with Crippen molar-refractivity contribution in [1.29, 1.82) is 0 Å². The van der Waals surface area contributed by atoms with Gasteiger partial charge in [-0.15, -0.1) is 24.0 Å². The molecule has 0 aliphatic carbocycles. The van der Waals surface area contributed by atoms with Crippen molar-refractivity contribution in [1.82, 2.24) is 15.1 Å². The first-order valence-corrected chi connectivity index (χ1v) is 11.9. The molecule has 1 aromatic carbocycles. The number of benzene rings is 1. The van der Waals surface area contributed by atoms with Crippen molar-refractivity contribution < 1.29 is 9.47 Å². The number of rotatable bonds is 8. The van der Waals surface area contributed by atoms with E-state index in [-0.39, 0.29) is 29.5 Å². The minimum absolute atomic E-state index is 0. The van der Waals surface area contributed by atoms with E-state index >= 15 is 0 Å². The molecule has 2 aliphatic rings. The molecular weight excluding hydrogens is 517 g/mol. The van der Waals surface area contributed by atoms with Crippen LogP contribution in [0.25, 0.3) is 0 Å². The van der Waals surface area contributed by atoms with Gasteiger partial charge in [0.05, 0.1) is 20.3 Å². The molecule has 2 N–H and O–H groups in total. The van der Waals surface area contributed by atoms with E-state index < -0.39 is 0 Å². The molecule has 2 aliphatic heterocycles. The molecule has 0 atom stereocenters. The van der Waals surface area contributed by atoms with Crippen LogP contribution in [0.3, 0.4) is 0 Å². The predicted octanol–water partition coefficient (Wildman–Crippen LogP) is 4.04. The fourth-order valence-electron chi connectivity index (χ4n) is 4.67. The van der Waals surface area contributed by atoms with Gasteiger partial charge < -0.3 is 25.0 Å². The normalized spacial score (nSPS) is 19.7. The second-order valence-electron chi connectivity index (χ2n) is 8.69. The van der Waals surface area contributed by atoms with Crippen LogP contribution in [0.15, 0.2) is 23.2 Å². The highest BCUT2D eigenvalue weighted by atomic mass is 127. The number of likely N-dealkylation sites (tertiary alicyclic amines) is 2. The van der Waals surface area contributed by atoms with Gasteiger partial charge in [0.15, 0.2) is 17.5 Å². The molecule has 2 heterocycles. The lowest BCUT2D eigenvalue weighted by Crippen LogP contribution is -2.58. The summed E-state index contributed by atoms with van der Waals surface area (Å²) < 4.78 is 11.1. The largest absolute Gasteiger partial charge is 0.493 e. The minimum atomic E-state index is 0. The van der Waals surface area contributed by atoms with Gasteiger partial charge in [0.2, 0.25) is 0 Å². The van der Waals surface area contributed by atoms with E-state index in [1.54, 1.807) is 7.11 Å². The van der Waals surface area contributed by atoms with Crippen LogP contribution < -0.4 is 20.1 Å². The standard InChI is InChI=1S/C24H41N5O2.HI/c1-5-25-23(27-20-10-11-21(31-6-2)22(18-20)30-4)26-19-24(12-16-28(3)17-13-24)29-14-8-7-9-15-29;/h10-11,18H,5-9,12-17,19H2,1-4H3,(H2,25,26,27);1H. The molecule has 0 spiro atoms. The zero-order valence-electron chi connectivity index (χ0n) is 20.3. The van der Waals surface area contributed by atoms with Crippen molar-refractivity contribution in [2.24, 2.45) is 4.99 Å². The van der Waals surface area contributed by atoms with Crippen LogP contribution in [0.1, 0.15) is 46.0 Å². The highest BCUT2D eigenvalue weighted by Crippen LogP contribution is 2.32. The maximum absolute atomic E-state index is 5.64. The molecule has 2 fully saturated rings. The highest BCUT2D eigenvalue weighted by Gasteiger charge is 2.39. The third kappa shape index (κ3) is 7.12. The number of nitrogens with zero attached hydrogens (tertiary/aromatic N) is 3. The number of guanidine groups is 1. The van der Waals surface area contributed by atoms with Crippen molar-refractivity contribution in [3.63, 3.8) is 0 Å². The number of hydrogen-bond donors (Lipinski definition) is 2. The monoisotopic (exact) mass is 559 g/mol. The fourth-order valence-corrected chi connectivity index (χ4v) is 4.67. The molecule has 0 aromatic heterocycles. The summed E-state index contributed by atoms with van der Waals surface area (Å²) >= 11 is 0. The smallest absolute Gasteiger partial charge is 0.195 e. The molecule has 0 unspecified atom stereocenters. The predicted molar refractivity (Wildman–Crippen MR) is 144 cm³/mol. The Morgan fingerprint density at radius 1 is 1.06 bits per heavy atom. The molecule has 0 bridgehead atoms. The van der Waals surface area contributed by atoms with E-state index in [2.05, 4.69) is 34.4 Å². The van der Waals surface area contributed by atoms with Crippen LogP contribution in [0, 0.1) is 0 Å². The number of methoxy groups -OCH3 is 1. The number of aliphatic imine (C=N–C) groups is 1. The van der Waals surface area contributed by atoms with Gasteiger partial charge in [0.25, 0.3) is 0 Å². The Morgan fingerprint density at radius 2 is 1.78 bits per heavy atom. The molecule has 182 valence electrons. The van der Waals surface area contributed by atoms with Gasteiger partial charge in [-0.1, -0.05) is 6.42 Å². The van der Waals surface area contributed by atoms with E-state index in [0.717, 1.165) is 49.3 Å². The first-order valence-electron chi connectivity index (χ1n) is 11.9. The van der Waals surface area contributed by atoms with Gasteiger partial charge in [-0.25, -0.2) is 0 Å². The Labute approximate surface area is 211 Å². The molecule has 2 saturated heterocycles. The summed E-state index contributed by atoms with van der Waals surface area (Å²) in [4.78, 5) is 10.3. The van der Waals surface area contributed by atoms with Crippen molar-refractivity contribution in [3.8, 4) is 11.5 Å². The first-order chi connectivity index (χ1) is 15.1. The van der Waals surface area contributed by atoms with Crippen LogP contribution in [0.5, 0.6) is 11.5 Å². The Kier molecular flexibility index (Phi) is 11.3. The molecule has 0 saturated carbocycles. The van der Waals surface area contributed by atoms with Gasteiger partial charge >= 0.3 is 0 Å². The van der Waals surface area contributed by atoms with Gasteiger partial charge in [-0.05, 0) is 84.9 Å². The van der Waals surface area contributed by atoms with Crippen molar-refractivity contribution in [3.05, 3.63) is 18.2 Å². The minimum Gasteiger partial charge on any atom is -0.493 e. The van der Waals surface area contributed by atoms with Crippen LogP contribution in [-0.4, -0.2) is 81.3 Å². The number of anilines is 1. The van der Waals surface area contributed by atoms with E-state index in [9.17, 15) is 0 Å². The zero-order chi connectivity index (χ0) is 22.1. The second kappa shape index (κ2) is 13.4. The number of halogens is 1. The molecule has 0 radical (unpaired) electrons. The average Bonchev–Trinajstić information content (AvgIpc) is 2.80. The lowest BCUT2D eigenvalue weighted by molar-refractivity contribution is 0.0208. The fraction of sp³-hybridized carbons (Fsp3) is 0.708. The number of hydrogen-bond acceptors (Lipinski definition) is 5. The molecule has 8 heteroatoms. The molecular formula is C24H42IN5O2. The van der Waals surface area contributed by atoms with Gasteiger partial charge in [-0.3, -0.25) is 9.89 Å². The Hall–Kier alpha value is -1.26. The number of piperidine rings is 2. The van der Waals surface area contributed by atoms with E-state index in [1.165, 1.54) is 45.2 Å². The van der Waals surface area contributed by atoms with Gasteiger partial charge in [-0.2, -0.15) is 0 Å². The Morgan fingerprint density at radius 3 is 2.41 bits per heavy atom. The maximum Gasteiger partial charge on any atom is 0.195 e. The molecule has 1 aromatic rings. The number of nitrogens with one attached hydrogen (secondary N) is 2. The molecule has 32 heavy (non-hydrogen) atoms. The van der Waals surface area contributed by atoms with Gasteiger partial charge in [0, 0.05) is 23.8 Å². The van der Waals surface area contributed by atoms with Crippen LogP contribution in [-0.2, 0) is 0 Å². The van der Waals surface area contributed by atoms with Crippen LogP contribution >= 0.6 is 24.0 Å². The third-order valence-electron chi connectivity index (χ3n) is 6.55. The summed E-state index contributed by atoms with van der Waals surface area (Å²) in [6.07, 6.45) is 6.35. The third-order valence-corrected chi connectivity index (χ3v) is 6.55. The van der Waals surface area contributed by atoms with Crippen molar-refractivity contribution in [2.75, 3.05) is 65.3 Å². The lowest BCUT2D eigenvalue weighted by atomic mass is 9.84. The molecule has 3 rings (SSSR count). The van der Waals surface area contributed by atoms with Crippen LogP contribution in [0.4, 0.5) is 5.69 Å². The lowest BCUT2D eigenvalue weighted by Gasteiger charge is -2.49. The summed E-state index contributed by atoms with van der Waals surface area (Å²) in [5.41, 5.74) is 1.11. The second-order valence-corrected chi connectivity index (χ2v) is 8.69. The summed E-state index contributed by atoms with van der Waals surface area (Å²) in [5, 5.41) is 6.88. The number of ether oxygens (including phenoxy) is 2. The average molecular weight is 560 g/mol. The molecule has 0 amide bonds. The Bertz CT molecular complexity index is 716.